The van der Waals surface area contributed by atoms with Crippen molar-refractivity contribution in [3.8, 4) is 22.7 Å². The van der Waals surface area contributed by atoms with Crippen LogP contribution in [0, 0.1) is 0 Å². The van der Waals surface area contributed by atoms with Crippen molar-refractivity contribution in [3.05, 3.63) is 96.7 Å². The number of hydrogen-bond donors (Lipinski definition) is 2. The van der Waals surface area contributed by atoms with E-state index in [0.717, 1.165) is 17.0 Å². The normalized spacial score (nSPS) is 10.7. The van der Waals surface area contributed by atoms with Crippen LogP contribution in [0.15, 0.2) is 96.2 Å². The third-order valence-electron chi connectivity index (χ3n) is 4.73. The summed E-state index contributed by atoms with van der Waals surface area (Å²) in [4.78, 5) is 24.2. The van der Waals surface area contributed by atoms with E-state index in [1.54, 1.807) is 42.3 Å². The Bertz CT molecular complexity index is 1270. The highest BCUT2D eigenvalue weighted by molar-refractivity contribution is 6.39. The number of rotatable bonds is 6. The minimum absolute atomic E-state index is 0.521. The molecule has 0 aliphatic heterocycles. The van der Waals surface area contributed by atoms with Crippen molar-refractivity contribution in [2.45, 2.75) is 0 Å². The summed E-state index contributed by atoms with van der Waals surface area (Å²) in [6, 6.07) is 25.8. The van der Waals surface area contributed by atoms with Gasteiger partial charge in [-0.25, -0.2) is 10.1 Å². The fourth-order valence-corrected chi connectivity index (χ4v) is 3.09. The highest BCUT2D eigenvalue weighted by atomic mass is 16.5. The van der Waals surface area contributed by atoms with Crippen molar-refractivity contribution in [1.29, 1.82) is 0 Å². The molecule has 4 rings (SSSR count). The van der Waals surface area contributed by atoms with Gasteiger partial charge in [-0.1, -0.05) is 36.4 Å². The number of ether oxygens (including phenoxy) is 1. The van der Waals surface area contributed by atoms with E-state index < -0.39 is 11.8 Å². The minimum Gasteiger partial charge on any atom is -0.497 e. The van der Waals surface area contributed by atoms with E-state index in [1.165, 1.54) is 6.21 Å². The quantitative estimate of drug-likeness (QED) is 0.272. The van der Waals surface area contributed by atoms with Crippen LogP contribution in [0.1, 0.15) is 5.56 Å². The van der Waals surface area contributed by atoms with Crippen molar-refractivity contribution in [3.63, 3.8) is 0 Å². The van der Waals surface area contributed by atoms with Gasteiger partial charge in [-0.15, -0.1) is 0 Å². The average molecular weight is 439 g/mol. The number of benzene rings is 3. The number of nitrogens with zero attached hydrogens (tertiary/aromatic N) is 3. The molecule has 4 aromatic rings. The molecular weight excluding hydrogens is 418 g/mol. The highest BCUT2D eigenvalue weighted by Gasteiger charge is 2.14. The van der Waals surface area contributed by atoms with Crippen molar-refractivity contribution in [1.82, 2.24) is 15.2 Å². The van der Waals surface area contributed by atoms with Crippen LogP contribution in [-0.4, -0.2) is 34.9 Å². The van der Waals surface area contributed by atoms with Crippen LogP contribution in [0.4, 0.5) is 5.69 Å². The first-order valence-corrected chi connectivity index (χ1v) is 10.1. The van der Waals surface area contributed by atoms with Crippen molar-refractivity contribution in [2.24, 2.45) is 5.10 Å². The van der Waals surface area contributed by atoms with Gasteiger partial charge >= 0.3 is 11.8 Å². The maximum Gasteiger partial charge on any atom is 0.329 e. The van der Waals surface area contributed by atoms with Gasteiger partial charge in [0.1, 0.15) is 11.4 Å². The van der Waals surface area contributed by atoms with Crippen LogP contribution in [0.5, 0.6) is 5.75 Å². The predicted octanol–water partition coefficient (Wildman–Crippen LogP) is 3.64. The van der Waals surface area contributed by atoms with Crippen molar-refractivity contribution < 1.29 is 14.3 Å². The first-order chi connectivity index (χ1) is 16.1. The molecule has 0 saturated heterocycles. The molecule has 3 aromatic carbocycles. The lowest BCUT2D eigenvalue weighted by Gasteiger charge is -2.03. The standard InChI is InChI=1S/C25H21N5O3/c1-33-22-14-12-18(13-15-22)23-19(17-30(29-23)21-10-6-3-7-11-21)16-26-28-25(32)24(31)27-20-8-4-2-5-9-20/h2-17H,1H3,(H,27,31)(H,28,32)/b26-16-. The number of carbonyl (C=O) groups is 2. The summed E-state index contributed by atoms with van der Waals surface area (Å²) < 4.78 is 6.96. The van der Waals surface area contributed by atoms with E-state index in [4.69, 9.17) is 4.74 Å². The molecular formula is C25H21N5O3. The van der Waals surface area contributed by atoms with Crippen LogP contribution in [-0.2, 0) is 9.59 Å². The van der Waals surface area contributed by atoms with Crippen LogP contribution >= 0.6 is 0 Å². The Kier molecular flexibility index (Phi) is 6.56. The molecule has 8 nitrogen and oxygen atoms in total. The Balaban J connectivity index is 1.55. The van der Waals surface area contributed by atoms with E-state index in [2.05, 4.69) is 20.9 Å². The fraction of sp³-hybridized carbons (Fsp3) is 0.0400. The number of hydrazone groups is 1. The monoisotopic (exact) mass is 439 g/mol. The number of para-hydroxylation sites is 2. The molecule has 1 heterocycles. The second-order valence-electron chi connectivity index (χ2n) is 6.96. The van der Waals surface area contributed by atoms with Crippen molar-refractivity contribution >= 4 is 23.7 Å². The Morgan fingerprint density at radius 1 is 0.909 bits per heavy atom. The molecule has 0 bridgehead atoms. The number of carbonyl (C=O) groups excluding carboxylic acids is 2. The molecule has 0 atom stereocenters. The first kappa shape index (κ1) is 21.5. The molecule has 0 saturated carbocycles. The van der Waals surface area contributed by atoms with Gasteiger partial charge in [-0.2, -0.15) is 10.2 Å². The van der Waals surface area contributed by atoms with E-state index in [9.17, 15) is 9.59 Å². The zero-order valence-electron chi connectivity index (χ0n) is 17.8. The molecule has 164 valence electrons. The number of nitrogens with one attached hydrogen (secondary N) is 2. The molecule has 33 heavy (non-hydrogen) atoms. The van der Waals surface area contributed by atoms with Gasteiger partial charge in [0.15, 0.2) is 0 Å². The van der Waals surface area contributed by atoms with Crippen LogP contribution < -0.4 is 15.5 Å². The van der Waals surface area contributed by atoms with Gasteiger partial charge in [-0.3, -0.25) is 9.59 Å². The average Bonchev–Trinajstić information content (AvgIpc) is 3.29. The molecule has 0 unspecified atom stereocenters. The van der Waals surface area contributed by atoms with Gasteiger partial charge in [0.25, 0.3) is 0 Å². The molecule has 0 fully saturated rings. The molecule has 2 N–H and O–H groups in total. The van der Waals surface area contributed by atoms with Gasteiger partial charge in [0.2, 0.25) is 0 Å². The summed E-state index contributed by atoms with van der Waals surface area (Å²) in [5, 5.41) is 11.2. The molecule has 0 aliphatic rings. The molecule has 1 aromatic heterocycles. The summed E-state index contributed by atoms with van der Waals surface area (Å²) in [6.07, 6.45) is 3.26. The lowest BCUT2D eigenvalue weighted by molar-refractivity contribution is -0.136. The number of anilines is 1. The first-order valence-electron chi connectivity index (χ1n) is 10.1. The summed E-state index contributed by atoms with van der Waals surface area (Å²) in [5.41, 5.74) is 5.82. The van der Waals surface area contributed by atoms with E-state index in [0.29, 0.717) is 16.9 Å². The van der Waals surface area contributed by atoms with Crippen LogP contribution in [0.3, 0.4) is 0 Å². The molecule has 0 aliphatic carbocycles. The number of amides is 2. The Morgan fingerprint density at radius 3 is 2.24 bits per heavy atom. The van der Waals surface area contributed by atoms with Gasteiger partial charge < -0.3 is 10.1 Å². The van der Waals surface area contributed by atoms with Gasteiger partial charge in [0.05, 0.1) is 19.0 Å². The zero-order chi connectivity index (χ0) is 23.0. The second kappa shape index (κ2) is 10.1. The maximum absolute atomic E-state index is 12.1. The Morgan fingerprint density at radius 2 is 1.58 bits per heavy atom. The second-order valence-corrected chi connectivity index (χ2v) is 6.96. The molecule has 0 radical (unpaired) electrons. The summed E-state index contributed by atoms with van der Waals surface area (Å²) in [5.74, 6) is -0.960. The number of aromatic nitrogens is 2. The third-order valence-corrected chi connectivity index (χ3v) is 4.73. The topological polar surface area (TPSA) is 97.6 Å². The highest BCUT2D eigenvalue weighted by Crippen LogP contribution is 2.25. The fourth-order valence-electron chi connectivity index (χ4n) is 3.09. The number of hydrogen-bond acceptors (Lipinski definition) is 5. The molecule has 0 spiro atoms. The number of methoxy groups -OCH3 is 1. The minimum atomic E-state index is -0.878. The third kappa shape index (κ3) is 5.31. The van der Waals surface area contributed by atoms with Gasteiger partial charge in [-0.05, 0) is 48.5 Å². The molecule has 2 amide bonds. The van der Waals surface area contributed by atoms with E-state index in [-0.39, 0.29) is 0 Å². The van der Waals surface area contributed by atoms with E-state index >= 15 is 0 Å². The smallest absolute Gasteiger partial charge is 0.329 e. The van der Waals surface area contributed by atoms with E-state index in [1.807, 2.05) is 60.7 Å². The zero-order valence-corrected chi connectivity index (χ0v) is 17.8. The SMILES string of the molecule is COc1ccc(-c2nn(-c3ccccc3)cc2/C=N\NC(=O)C(=O)Nc2ccccc2)cc1. The van der Waals surface area contributed by atoms with Gasteiger partial charge in [0, 0.05) is 23.0 Å². The summed E-state index contributed by atoms with van der Waals surface area (Å²) >= 11 is 0. The molecule has 8 heteroatoms. The lowest BCUT2D eigenvalue weighted by atomic mass is 10.1. The summed E-state index contributed by atoms with van der Waals surface area (Å²) in [6.45, 7) is 0. The predicted molar refractivity (Wildman–Crippen MR) is 126 cm³/mol. The van der Waals surface area contributed by atoms with Crippen LogP contribution in [0.2, 0.25) is 0 Å². The maximum atomic E-state index is 12.1. The Hall–Kier alpha value is -4.72. The Labute approximate surface area is 190 Å². The van der Waals surface area contributed by atoms with Crippen molar-refractivity contribution in [2.75, 3.05) is 12.4 Å². The van der Waals surface area contributed by atoms with Crippen LogP contribution in [0.25, 0.3) is 16.9 Å². The lowest BCUT2D eigenvalue weighted by Crippen LogP contribution is -2.32. The summed E-state index contributed by atoms with van der Waals surface area (Å²) in [7, 11) is 1.61. The largest absolute Gasteiger partial charge is 0.497 e.